The maximum absolute atomic E-state index is 12.0. The number of benzene rings is 2. The third-order valence-corrected chi connectivity index (χ3v) is 4.43. The maximum atomic E-state index is 12.0. The van der Waals surface area contributed by atoms with Crippen molar-refractivity contribution in [3.8, 4) is 11.5 Å². The number of nitrogens with zero attached hydrogens (tertiary/aromatic N) is 1. The van der Waals surface area contributed by atoms with Gasteiger partial charge < -0.3 is 25.0 Å². The molecule has 0 unspecified atom stereocenters. The predicted molar refractivity (Wildman–Crippen MR) is 121 cm³/mol. The molecule has 0 fully saturated rings. The van der Waals surface area contributed by atoms with Gasteiger partial charge in [0, 0.05) is 25.3 Å². The Morgan fingerprint density at radius 2 is 1.66 bits per heavy atom. The number of ether oxygens (including phenoxy) is 2. The molecule has 0 saturated heterocycles. The molecule has 2 N–H and O–H groups in total. The predicted octanol–water partition coefficient (Wildman–Crippen LogP) is 4.23. The van der Waals surface area contributed by atoms with Gasteiger partial charge in [0.1, 0.15) is 0 Å². The molecule has 0 aliphatic heterocycles. The van der Waals surface area contributed by atoms with Gasteiger partial charge in [0.15, 0.2) is 16.6 Å². The zero-order valence-electron chi connectivity index (χ0n) is 17.6. The van der Waals surface area contributed by atoms with Crippen LogP contribution >= 0.6 is 12.2 Å². The fourth-order valence-electron chi connectivity index (χ4n) is 2.74. The van der Waals surface area contributed by atoms with E-state index in [1.54, 1.807) is 31.1 Å². The van der Waals surface area contributed by atoms with Gasteiger partial charge in [-0.05, 0) is 75.0 Å². The van der Waals surface area contributed by atoms with E-state index >= 15 is 0 Å². The molecule has 1 atom stereocenters. The molecule has 1 amide bonds. The molecular weight excluding hydrogens is 386 g/mol. The third-order valence-electron chi connectivity index (χ3n) is 4.21. The lowest BCUT2D eigenvalue weighted by atomic mass is 10.1. The number of hydrogen-bond acceptors (Lipinski definition) is 4. The molecule has 2 aromatic rings. The molecule has 0 aromatic heterocycles. The Morgan fingerprint density at radius 1 is 1.03 bits per heavy atom. The van der Waals surface area contributed by atoms with Crippen LogP contribution in [-0.4, -0.2) is 43.2 Å². The summed E-state index contributed by atoms with van der Waals surface area (Å²) < 4.78 is 11.3. The number of carbonyl (C=O) groups is 1. The molecule has 156 valence electrons. The van der Waals surface area contributed by atoms with Gasteiger partial charge in [-0.3, -0.25) is 4.79 Å². The van der Waals surface area contributed by atoms with Gasteiger partial charge in [0.2, 0.25) is 0 Å². The molecule has 0 bridgehead atoms. The molecule has 29 heavy (non-hydrogen) atoms. The zero-order valence-corrected chi connectivity index (χ0v) is 18.4. The summed E-state index contributed by atoms with van der Waals surface area (Å²) in [7, 11) is 3.46. The lowest BCUT2D eigenvalue weighted by Gasteiger charge is -2.19. The van der Waals surface area contributed by atoms with Crippen LogP contribution in [0.3, 0.4) is 0 Å². The number of thiocarbonyl (C=S) groups is 1. The largest absolute Gasteiger partial charge is 0.490 e. The van der Waals surface area contributed by atoms with E-state index in [1.807, 2.05) is 51.1 Å². The van der Waals surface area contributed by atoms with Gasteiger partial charge in [-0.15, -0.1) is 0 Å². The average Bonchev–Trinajstić information content (AvgIpc) is 2.69. The van der Waals surface area contributed by atoms with Crippen LogP contribution in [0.4, 0.5) is 5.69 Å². The van der Waals surface area contributed by atoms with Gasteiger partial charge in [0.25, 0.3) is 5.91 Å². The van der Waals surface area contributed by atoms with Crippen molar-refractivity contribution in [2.45, 2.75) is 26.8 Å². The monoisotopic (exact) mass is 415 g/mol. The lowest BCUT2D eigenvalue weighted by Crippen LogP contribution is -2.31. The van der Waals surface area contributed by atoms with Gasteiger partial charge in [-0.1, -0.05) is 6.07 Å². The Bertz CT molecular complexity index is 838. The van der Waals surface area contributed by atoms with Crippen LogP contribution in [0, 0.1) is 0 Å². The van der Waals surface area contributed by atoms with Crippen molar-refractivity contribution in [3.63, 3.8) is 0 Å². The normalized spacial score (nSPS) is 11.3. The minimum atomic E-state index is -0.0357. The highest BCUT2D eigenvalue weighted by atomic mass is 32.1. The van der Waals surface area contributed by atoms with E-state index in [2.05, 4.69) is 10.6 Å². The van der Waals surface area contributed by atoms with Crippen LogP contribution in [0.25, 0.3) is 0 Å². The SMILES string of the molecule is CCOc1ccc([C@H](C)NC(=S)Nc2ccc(C(=O)N(C)C)cc2)cc1OCC. The van der Waals surface area contributed by atoms with Crippen molar-refractivity contribution in [2.75, 3.05) is 32.6 Å². The topological polar surface area (TPSA) is 62.8 Å². The highest BCUT2D eigenvalue weighted by Crippen LogP contribution is 2.30. The van der Waals surface area contributed by atoms with Gasteiger partial charge in [-0.25, -0.2) is 0 Å². The van der Waals surface area contributed by atoms with E-state index in [0.29, 0.717) is 23.9 Å². The molecular formula is C22H29N3O3S. The van der Waals surface area contributed by atoms with Crippen LogP contribution in [0.5, 0.6) is 11.5 Å². The van der Waals surface area contributed by atoms with Crippen LogP contribution in [0.2, 0.25) is 0 Å². The summed E-state index contributed by atoms with van der Waals surface area (Å²) in [5.74, 6) is 1.42. The molecule has 0 radical (unpaired) electrons. The van der Waals surface area contributed by atoms with Gasteiger partial charge in [0.05, 0.1) is 19.3 Å². The maximum Gasteiger partial charge on any atom is 0.253 e. The van der Waals surface area contributed by atoms with Crippen molar-refractivity contribution in [3.05, 3.63) is 53.6 Å². The highest BCUT2D eigenvalue weighted by Gasteiger charge is 2.13. The summed E-state index contributed by atoms with van der Waals surface area (Å²) in [4.78, 5) is 13.5. The summed E-state index contributed by atoms with van der Waals surface area (Å²) in [5.41, 5.74) is 2.48. The molecule has 0 spiro atoms. The molecule has 0 aliphatic carbocycles. The van der Waals surface area contributed by atoms with Crippen LogP contribution in [0.15, 0.2) is 42.5 Å². The Balaban J connectivity index is 2.01. The first kappa shape index (κ1) is 22.5. The first-order chi connectivity index (χ1) is 13.8. The number of nitrogens with one attached hydrogen (secondary N) is 2. The summed E-state index contributed by atoms with van der Waals surface area (Å²) in [6.07, 6.45) is 0. The molecule has 2 rings (SSSR count). The van der Waals surface area contributed by atoms with E-state index in [0.717, 1.165) is 22.7 Å². The number of anilines is 1. The molecule has 7 heteroatoms. The summed E-state index contributed by atoms with van der Waals surface area (Å²) in [6.45, 7) is 7.07. The fourth-order valence-corrected chi connectivity index (χ4v) is 3.03. The van der Waals surface area contributed by atoms with Crippen LogP contribution in [0.1, 0.15) is 42.7 Å². The average molecular weight is 416 g/mol. The van der Waals surface area contributed by atoms with E-state index in [4.69, 9.17) is 21.7 Å². The Labute approximate surface area is 178 Å². The van der Waals surface area contributed by atoms with E-state index < -0.39 is 0 Å². The van der Waals surface area contributed by atoms with Crippen molar-refractivity contribution < 1.29 is 14.3 Å². The zero-order chi connectivity index (χ0) is 21.4. The van der Waals surface area contributed by atoms with E-state index in [9.17, 15) is 4.79 Å². The Morgan fingerprint density at radius 3 is 2.24 bits per heavy atom. The standard InChI is InChI=1S/C22H29N3O3S/c1-6-27-19-13-10-17(14-20(19)28-7-2)15(3)23-22(29)24-18-11-8-16(9-12-18)21(26)25(4)5/h8-15H,6-7H2,1-5H3,(H2,23,24,29)/t15-/m0/s1. The van der Waals surface area contributed by atoms with Crippen molar-refractivity contribution >= 4 is 28.9 Å². The van der Waals surface area contributed by atoms with Crippen molar-refractivity contribution in [1.29, 1.82) is 0 Å². The molecule has 2 aromatic carbocycles. The van der Waals surface area contributed by atoms with Crippen LogP contribution < -0.4 is 20.1 Å². The summed E-state index contributed by atoms with van der Waals surface area (Å²) in [6, 6.07) is 13.1. The number of amides is 1. The Hall–Kier alpha value is -2.80. The summed E-state index contributed by atoms with van der Waals surface area (Å²) in [5, 5.41) is 6.92. The number of rotatable bonds is 8. The Kier molecular flexibility index (Phi) is 8.27. The summed E-state index contributed by atoms with van der Waals surface area (Å²) >= 11 is 5.44. The van der Waals surface area contributed by atoms with Gasteiger partial charge >= 0.3 is 0 Å². The molecule has 0 heterocycles. The molecule has 0 saturated carbocycles. The lowest BCUT2D eigenvalue weighted by molar-refractivity contribution is 0.0827. The second kappa shape index (κ2) is 10.7. The second-order valence-electron chi connectivity index (χ2n) is 6.67. The highest BCUT2D eigenvalue weighted by molar-refractivity contribution is 7.80. The number of hydrogen-bond donors (Lipinski definition) is 2. The van der Waals surface area contributed by atoms with Crippen LogP contribution in [-0.2, 0) is 0 Å². The van der Waals surface area contributed by atoms with Crippen molar-refractivity contribution in [1.82, 2.24) is 10.2 Å². The molecule has 0 aliphatic rings. The van der Waals surface area contributed by atoms with Crippen molar-refractivity contribution in [2.24, 2.45) is 0 Å². The smallest absolute Gasteiger partial charge is 0.253 e. The minimum Gasteiger partial charge on any atom is -0.490 e. The number of carbonyl (C=O) groups excluding carboxylic acids is 1. The third kappa shape index (κ3) is 6.35. The fraction of sp³-hybridized carbons (Fsp3) is 0.364. The quantitative estimate of drug-likeness (QED) is 0.629. The molecule has 6 nitrogen and oxygen atoms in total. The first-order valence-corrected chi connectivity index (χ1v) is 10.0. The van der Waals surface area contributed by atoms with E-state index in [-0.39, 0.29) is 11.9 Å². The minimum absolute atomic E-state index is 0.0283. The second-order valence-corrected chi connectivity index (χ2v) is 7.08. The first-order valence-electron chi connectivity index (χ1n) is 9.64. The van der Waals surface area contributed by atoms with Gasteiger partial charge in [-0.2, -0.15) is 0 Å². The van der Waals surface area contributed by atoms with E-state index in [1.165, 1.54) is 0 Å².